The molecule has 144 valence electrons. The number of rotatable bonds is 5. The van der Waals surface area contributed by atoms with Crippen molar-refractivity contribution in [3.8, 4) is 22.9 Å². The van der Waals surface area contributed by atoms with Gasteiger partial charge in [-0.05, 0) is 17.7 Å². The Balaban J connectivity index is 1.51. The SMILES string of the molecule is O=C(Nc1ccc(-c2ccccc2)nn1)c1c(O)[nH]c(Cc2ccccc2)c1O. The van der Waals surface area contributed by atoms with Crippen molar-refractivity contribution in [3.05, 3.63) is 89.6 Å². The van der Waals surface area contributed by atoms with Gasteiger partial charge in [-0.1, -0.05) is 60.7 Å². The molecule has 4 N–H and O–H groups in total. The number of nitrogens with one attached hydrogen (secondary N) is 2. The maximum atomic E-state index is 12.6. The molecule has 0 fully saturated rings. The van der Waals surface area contributed by atoms with Crippen LogP contribution in [0, 0.1) is 0 Å². The number of nitrogens with zero attached hydrogens (tertiary/aromatic N) is 2. The monoisotopic (exact) mass is 386 g/mol. The van der Waals surface area contributed by atoms with E-state index in [0.717, 1.165) is 11.1 Å². The van der Waals surface area contributed by atoms with Crippen molar-refractivity contribution < 1.29 is 15.0 Å². The lowest BCUT2D eigenvalue weighted by atomic mass is 10.1. The summed E-state index contributed by atoms with van der Waals surface area (Å²) in [7, 11) is 0. The van der Waals surface area contributed by atoms with E-state index >= 15 is 0 Å². The standard InChI is InChI=1S/C22H18N4O3/c27-20-17(13-14-7-3-1-4-8-14)23-21(28)19(20)22(29)24-18-12-11-16(25-26-18)15-9-5-2-6-10-15/h1-12,23,27-28H,13H2,(H,24,26,29). The van der Waals surface area contributed by atoms with Crippen LogP contribution in [0.25, 0.3) is 11.3 Å². The molecule has 0 aliphatic heterocycles. The number of H-pyrrole nitrogens is 1. The molecule has 0 spiro atoms. The summed E-state index contributed by atoms with van der Waals surface area (Å²) in [6.07, 6.45) is 0.346. The fourth-order valence-corrected chi connectivity index (χ4v) is 3.01. The smallest absolute Gasteiger partial charge is 0.266 e. The Kier molecular flexibility index (Phi) is 4.94. The predicted octanol–water partition coefficient (Wildman–Crippen LogP) is 3.73. The lowest BCUT2D eigenvalue weighted by Gasteiger charge is -2.05. The highest BCUT2D eigenvalue weighted by atomic mass is 16.3. The molecule has 4 aromatic rings. The summed E-state index contributed by atoms with van der Waals surface area (Å²) in [5, 5.41) is 31.2. The summed E-state index contributed by atoms with van der Waals surface area (Å²) < 4.78 is 0. The molecule has 0 aliphatic rings. The summed E-state index contributed by atoms with van der Waals surface area (Å²) in [5.74, 6) is -1.17. The van der Waals surface area contributed by atoms with Gasteiger partial charge in [-0.2, -0.15) is 0 Å². The Morgan fingerprint density at radius 1 is 0.897 bits per heavy atom. The number of anilines is 1. The number of hydrogen-bond donors (Lipinski definition) is 4. The molecule has 0 bridgehead atoms. The van der Waals surface area contributed by atoms with Gasteiger partial charge in [0.25, 0.3) is 5.91 Å². The largest absolute Gasteiger partial charge is 0.505 e. The molecule has 2 aromatic heterocycles. The summed E-state index contributed by atoms with van der Waals surface area (Å²) in [4.78, 5) is 15.2. The van der Waals surface area contributed by atoms with Gasteiger partial charge in [0.2, 0.25) is 5.88 Å². The second-order valence-corrected chi connectivity index (χ2v) is 6.46. The number of carbonyl (C=O) groups is 1. The molecule has 2 aromatic carbocycles. The number of aromatic hydroxyl groups is 2. The molecule has 2 heterocycles. The Bertz CT molecular complexity index is 1120. The Morgan fingerprint density at radius 2 is 1.59 bits per heavy atom. The van der Waals surface area contributed by atoms with Gasteiger partial charge in [0.15, 0.2) is 11.6 Å². The topological polar surface area (TPSA) is 111 Å². The van der Waals surface area contributed by atoms with Crippen molar-refractivity contribution in [2.24, 2.45) is 0 Å². The lowest BCUT2D eigenvalue weighted by Crippen LogP contribution is -2.13. The van der Waals surface area contributed by atoms with Crippen molar-refractivity contribution in [3.63, 3.8) is 0 Å². The van der Waals surface area contributed by atoms with Crippen LogP contribution in [0.3, 0.4) is 0 Å². The zero-order valence-corrected chi connectivity index (χ0v) is 15.3. The molecule has 7 nitrogen and oxygen atoms in total. The number of amides is 1. The van der Waals surface area contributed by atoms with Gasteiger partial charge in [-0.15, -0.1) is 10.2 Å². The molecule has 0 atom stereocenters. The van der Waals surface area contributed by atoms with Crippen LogP contribution in [0.1, 0.15) is 21.6 Å². The summed E-state index contributed by atoms with van der Waals surface area (Å²) in [6.45, 7) is 0. The van der Waals surface area contributed by atoms with Crippen LogP contribution in [-0.4, -0.2) is 31.3 Å². The van der Waals surface area contributed by atoms with Crippen LogP contribution in [0.2, 0.25) is 0 Å². The molecule has 0 unspecified atom stereocenters. The second-order valence-electron chi connectivity index (χ2n) is 6.46. The number of hydrogen-bond acceptors (Lipinski definition) is 5. The first kappa shape index (κ1) is 18.2. The van der Waals surface area contributed by atoms with E-state index in [1.54, 1.807) is 12.1 Å². The number of benzene rings is 2. The quantitative estimate of drug-likeness (QED) is 0.418. The lowest BCUT2D eigenvalue weighted by molar-refractivity contribution is 0.102. The molecular weight excluding hydrogens is 368 g/mol. The normalized spacial score (nSPS) is 10.6. The van der Waals surface area contributed by atoms with E-state index in [1.165, 1.54) is 0 Å². The molecule has 4 rings (SSSR count). The van der Waals surface area contributed by atoms with Crippen LogP contribution < -0.4 is 5.32 Å². The van der Waals surface area contributed by atoms with E-state index < -0.39 is 11.8 Å². The first-order chi connectivity index (χ1) is 14.1. The van der Waals surface area contributed by atoms with E-state index in [2.05, 4.69) is 20.5 Å². The molecule has 29 heavy (non-hydrogen) atoms. The molecule has 0 saturated carbocycles. The average molecular weight is 386 g/mol. The molecule has 0 radical (unpaired) electrons. The number of aromatic nitrogens is 3. The highest BCUT2D eigenvalue weighted by Crippen LogP contribution is 2.32. The van der Waals surface area contributed by atoms with E-state index in [4.69, 9.17) is 0 Å². The van der Waals surface area contributed by atoms with Crippen LogP contribution in [0.15, 0.2) is 72.8 Å². The van der Waals surface area contributed by atoms with Gasteiger partial charge in [0.1, 0.15) is 5.56 Å². The van der Waals surface area contributed by atoms with E-state index in [-0.39, 0.29) is 17.1 Å². The summed E-state index contributed by atoms with van der Waals surface area (Å²) >= 11 is 0. The summed E-state index contributed by atoms with van der Waals surface area (Å²) in [5.41, 5.74) is 2.62. The Morgan fingerprint density at radius 3 is 2.24 bits per heavy atom. The average Bonchev–Trinajstić information content (AvgIpc) is 3.03. The van der Waals surface area contributed by atoms with Gasteiger partial charge in [-0.3, -0.25) is 4.79 Å². The van der Waals surface area contributed by atoms with E-state index in [9.17, 15) is 15.0 Å². The first-order valence-electron chi connectivity index (χ1n) is 8.99. The Labute approximate surface area is 166 Å². The fraction of sp³-hybridized carbons (Fsp3) is 0.0455. The maximum absolute atomic E-state index is 12.6. The van der Waals surface area contributed by atoms with Gasteiger partial charge in [0.05, 0.1) is 11.4 Å². The zero-order valence-electron chi connectivity index (χ0n) is 15.3. The minimum atomic E-state index is -0.683. The van der Waals surface area contributed by atoms with Crippen LogP contribution in [0.4, 0.5) is 5.82 Å². The van der Waals surface area contributed by atoms with Crippen LogP contribution in [0.5, 0.6) is 11.6 Å². The third kappa shape index (κ3) is 3.93. The highest BCUT2D eigenvalue weighted by molar-refractivity contribution is 6.07. The van der Waals surface area contributed by atoms with Gasteiger partial charge in [0, 0.05) is 12.0 Å². The molecular formula is C22H18N4O3. The number of carbonyl (C=O) groups excluding carboxylic acids is 1. The van der Waals surface area contributed by atoms with Crippen molar-refractivity contribution in [1.82, 2.24) is 15.2 Å². The minimum Gasteiger partial charge on any atom is -0.505 e. The van der Waals surface area contributed by atoms with Crippen molar-refractivity contribution in [2.45, 2.75) is 6.42 Å². The molecule has 7 heteroatoms. The molecule has 1 amide bonds. The maximum Gasteiger partial charge on any atom is 0.266 e. The second kappa shape index (κ2) is 7.85. The van der Waals surface area contributed by atoms with Gasteiger partial charge < -0.3 is 20.5 Å². The predicted molar refractivity (Wildman–Crippen MR) is 109 cm³/mol. The van der Waals surface area contributed by atoms with Crippen molar-refractivity contribution in [1.29, 1.82) is 0 Å². The van der Waals surface area contributed by atoms with Crippen molar-refractivity contribution >= 4 is 11.7 Å². The summed E-state index contributed by atoms with van der Waals surface area (Å²) in [6, 6.07) is 22.3. The van der Waals surface area contributed by atoms with E-state index in [1.807, 2.05) is 60.7 Å². The van der Waals surface area contributed by atoms with E-state index in [0.29, 0.717) is 17.8 Å². The van der Waals surface area contributed by atoms with Gasteiger partial charge in [-0.25, -0.2) is 0 Å². The number of aromatic amines is 1. The molecule has 0 saturated heterocycles. The fourth-order valence-electron chi connectivity index (χ4n) is 3.01. The van der Waals surface area contributed by atoms with Crippen LogP contribution >= 0.6 is 0 Å². The third-order valence-electron chi connectivity index (χ3n) is 4.46. The van der Waals surface area contributed by atoms with Crippen LogP contribution in [-0.2, 0) is 6.42 Å². The highest BCUT2D eigenvalue weighted by Gasteiger charge is 2.23. The third-order valence-corrected chi connectivity index (χ3v) is 4.46. The van der Waals surface area contributed by atoms with Gasteiger partial charge >= 0.3 is 0 Å². The molecule has 0 aliphatic carbocycles. The Hall–Kier alpha value is -4.13. The van der Waals surface area contributed by atoms with Crippen molar-refractivity contribution in [2.75, 3.05) is 5.32 Å². The minimum absolute atomic E-state index is 0.208. The zero-order chi connectivity index (χ0) is 20.2. The first-order valence-corrected chi connectivity index (χ1v) is 8.99.